The first kappa shape index (κ1) is 26.1. The molecule has 2 heterocycles. The third-order valence-electron chi connectivity index (χ3n) is 4.02. The lowest BCUT2D eigenvalue weighted by molar-refractivity contribution is -0.0485. The fraction of sp³-hybridized carbons (Fsp3) is 0.750. The minimum atomic E-state index is -4.49. The Kier molecular flexibility index (Phi) is 8.59. The smallest absolute Gasteiger partial charge is 0.383 e. The maximum absolute atomic E-state index is 12.3. The van der Waals surface area contributed by atoms with Gasteiger partial charge in [0.05, 0.1) is 18.8 Å². The molecule has 0 aromatic carbocycles. The molecule has 0 saturated carbocycles. The van der Waals surface area contributed by atoms with Gasteiger partial charge in [0.25, 0.3) is 0 Å². The highest BCUT2D eigenvalue weighted by atomic mass is 31.2. The number of nitrogens with two attached hydrogens (primary N) is 1. The van der Waals surface area contributed by atoms with E-state index < -0.39 is 58.6 Å². The summed E-state index contributed by atoms with van der Waals surface area (Å²) in [5, 5.41) is 0. The van der Waals surface area contributed by atoms with Crippen molar-refractivity contribution in [3.05, 3.63) is 22.2 Å². The van der Waals surface area contributed by atoms with Gasteiger partial charge in [-0.15, -0.1) is 0 Å². The molecule has 0 aliphatic carbocycles. The summed E-state index contributed by atoms with van der Waals surface area (Å²) < 4.78 is 51.1. The Hall–Kier alpha value is -1.14. The summed E-state index contributed by atoms with van der Waals surface area (Å²) in [6.07, 6.45) is -2.98. The van der Waals surface area contributed by atoms with Crippen LogP contribution in [0.3, 0.4) is 0 Å². The maximum Gasteiger partial charge on any atom is 0.472 e. The Morgan fingerprint density at radius 3 is 2.39 bits per heavy atom. The minimum absolute atomic E-state index is 0.0594. The molecule has 13 nitrogen and oxygen atoms in total. The van der Waals surface area contributed by atoms with E-state index in [1.54, 1.807) is 34.6 Å². The van der Waals surface area contributed by atoms with Crippen LogP contribution in [0, 0.1) is 6.92 Å². The lowest BCUT2D eigenvalue weighted by atomic mass is 10.2. The third kappa shape index (κ3) is 7.74. The number of anilines is 1. The number of phosphoric ester groups is 2. The van der Waals surface area contributed by atoms with Gasteiger partial charge in [-0.05, 0) is 34.6 Å². The molecule has 0 radical (unpaired) electrons. The van der Waals surface area contributed by atoms with E-state index in [2.05, 4.69) is 4.98 Å². The molecule has 1 aliphatic heterocycles. The van der Waals surface area contributed by atoms with E-state index in [0.29, 0.717) is 5.56 Å². The van der Waals surface area contributed by atoms with Crippen molar-refractivity contribution >= 4 is 21.5 Å². The zero-order valence-corrected chi connectivity index (χ0v) is 19.7. The average molecular weight is 485 g/mol. The van der Waals surface area contributed by atoms with Crippen LogP contribution in [0.5, 0.6) is 0 Å². The van der Waals surface area contributed by atoms with Gasteiger partial charge in [0.15, 0.2) is 0 Å². The quantitative estimate of drug-likeness (QED) is 0.410. The number of rotatable bonds is 10. The molecule has 31 heavy (non-hydrogen) atoms. The highest BCUT2D eigenvalue weighted by Gasteiger charge is 2.43. The molecule has 2 unspecified atom stereocenters. The maximum atomic E-state index is 12.3. The molecule has 2 rings (SSSR count). The summed E-state index contributed by atoms with van der Waals surface area (Å²) in [6, 6.07) is 0. The fourth-order valence-electron chi connectivity index (χ4n) is 2.84. The molecule has 15 heteroatoms. The molecule has 0 bridgehead atoms. The van der Waals surface area contributed by atoms with Gasteiger partial charge < -0.3 is 20.3 Å². The van der Waals surface area contributed by atoms with Crippen molar-refractivity contribution in [2.45, 2.75) is 71.7 Å². The largest absolute Gasteiger partial charge is 0.472 e. The van der Waals surface area contributed by atoms with Crippen LogP contribution in [0.2, 0.25) is 0 Å². The third-order valence-corrected chi connectivity index (χ3v) is 6.41. The number of nitrogen functional groups attached to an aromatic ring is 1. The highest BCUT2D eigenvalue weighted by Crippen LogP contribution is 2.50. The van der Waals surface area contributed by atoms with Crippen LogP contribution < -0.4 is 11.4 Å². The highest BCUT2D eigenvalue weighted by molar-refractivity contribution is 7.47. The number of nitrogens with zero attached hydrogens (tertiary/aromatic N) is 2. The number of aryl methyl sites for hydroxylation is 1. The first-order valence-electron chi connectivity index (χ1n) is 9.55. The van der Waals surface area contributed by atoms with Gasteiger partial charge in [-0.3, -0.25) is 22.7 Å². The minimum Gasteiger partial charge on any atom is -0.383 e. The second-order valence-electron chi connectivity index (χ2n) is 7.55. The normalized spacial score (nSPS) is 25.6. The Balaban J connectivity index is 2.24. The van der Waals surface area contributed by atoms with E-state index in [9.17, 15) is 23.7 Å². The Morgan fingerprint density at radius 1 is 1.23 bits per heavy atom. The molecular weight excluding hydrogens is 456 g/mol. The van der Waals surface area contributed by atoms with Gasteiger partial charge in [0.2, 0.25) is 0 Å². The van der Waals surface area contributed by atoms with Crippen LogP contribution in [0.15, 0.2) is 11.0 Å². The molecule has 1 aliphatic rings. The summed E-state index contributed by atoms with van der Waals surface area (Å²) in [5.41, 5.74) is 5.45. The van der Waals surface area contributed by atoms with Crippen molar-refractivity contribution in [1.29, 1.82) is 0 Å². The van der Waals surface area contributed by atoms with Crippen molar-refractivity contribution in [3.63, 3.8) is 0 Å². The summed E-state index contributed by atoms with van der Waals surface area (Å²) in [7, 11) is -8.90. The lowest BCUT2D eigenvalue weighted by Gasteiger charge is -2.23. The lowest BCUT2D eigenvalue weighted by Crippen LogP contribution is -2.29. The van der Waals surface area contributed by atoms with Crippen LogP contribution in [0.25, 0.3) is 0 Å². The van der Waals surface area contributed by atoms with Crippen LogP contribution >= 0.6 is 15.6 Å². The predicted molar refractivity (Wildman–Crippen MR) is 109 cm³/mol. The van der Waals surface area contributed by atoms with E-state index in [4.69, 9.17) is 28.6 Å². The molecule has 1 aromatic heterocycles. The second kappa shape index (κ2) is 10.2. The van der Waals surface area contributed by atoms with Crippen molar-refractivity contribution < 1.29 is 41.7 Å². The van der Waals surface area contributed by atoms with Gasteiger partial charge in [-0.2, -0.15) is 4.98 Å². The van der Waals surface area contributed by atoms with Crippen molar-refractivity contribution in [2.24, 2.45) is 0 Å². The number of ether oxygens (including phenoxy) is 1. The van der Waals surface area contributed by atoms with E-state index in [0.717, 1.165) is 4.57 Å². The summed E-state index contributed by atoms with van der Waals surface area (Å²) in [4.78, 5) is 35.7. The SMILES string of the molecule is Cc1cn([C@H]2C[C@@H](OP(=O)(O)OC(C)C)[C@@H](COP(=O)(O)OC(C)C)O2)c(=O)nc1N. The standard InChI is InChI=1S/C16H29N3O10P2/c1-9(2)27-30(21,22)25-8-13-12(29-31(23,24)28-10(3)4)6-14(26-13)19-7-11(5)15(17)18-16(19)20/h7,9-10,12-14H,6,8H2,1-5H3,(H,21,22)(H,23,24)(H2,17,18,20)/t12-,13-,14-/m1/s1. The first-order chi connectivity index (χ1) is 14.2. The van der Waals surface area contributed by atoms with E-state index in [1.807, 2.05) is 0 Å². The van der Waals surface area contributed by atoms with Crippen molar-refractivity contribution in [1.82, 2.24) is 9.55 Å². The van der Waals surface area contributed by atoms with Crippen LogP contribution in [0.4, 0.5) is 5.82 Å². The average Bonchev–Trinajstić information content (AvgIpc) is 2.95. The van der Waals surface area contributed by atoms with Crippen LogP contribution in [0.1, 0.15) is 45.9 Å². The predicted octanol–water partition coefficient (Wildman–Crippen LogP) is 1.87. The number of phosphoric acid groups is 2. The second-order valence-corrected chi connectivity index (χ2v) is 10.3. The molecule has 0 spiro atoms. The van der Waals surface area contributed by atoms with Gasteiger partial charge in [0.1, 0.15) is 24.3 Å². The molecule has 1 aromatic rings. The Labute approximate surface area is 179 Å². The van der Waals surface area contributed by atoms with E-state index >= 15 is 0 Å². The molecule has 1 saturated heterocycles. The molecular formula is C16H29N3O10P2. The number of hydrogen-bond donors (Lipinski definition) is 3. The fourth-order valence-corrected chi connectivity index (χ4v) is 4.92. The van der Waals surface area contributed by atoms with E-state index in [1.165, 1.54) is 6.20 Å². The van der Waals surface area contributed by atoms with Gasteiger partial charge in [-0.25, -0.2) is 13.9 Å². The van der Waals surface area contributed by atoms with Gasteiger partial charge in [0, 0.05) is 18.2 Å². The zero-order chi connectivity index (χ0) is 23.6. The molecule has 4 N–H and O–H groups in total. The first-order valence-corrected chi connectivity index (χ1v) is 12.5. The number of hydrogen-bond acceptors (Lipinski definition) is 10. The molecule has 1 fully saturated rings. The van der Waals surface area contributed by atoms with Crippen LogP contribution in [-0.2, 0) is 32.0 Å². The van der Waals surface area contributed by atoms with Gasteiger partial charge in [-0.1, -0.05) is 0 Å². The zero-order valence-electron chi connectivity index (χ0n) is 17.9. The summed E-state index contributed by atoms with van der Waals surface area (Å²) in [6.45, 7) is 7.33. The van der Waals surface area contributed by atoms with Crippen LogP contribution in [-0.4, -0.2) is 50.4 Å². The van der Waals surface area contributed by atoms with Gasteiger partial charge >= 0.3 is 21.3 Å². The van der Waals surface area contributed by atoms with E-state index in [-0.39, 0.29) is 12.2 Å². The monoisotopic (exact) mass is 485 g/mol. The summed E-state index contributed by atoms with van der Waals surface area (Å²) in [5.74, 6) is 0.0594. The topological polar surface area (TPSA) is 182 Å². The Morgan fingerprint density at radius 2 is 1.81 bits per heavy atom. The summed E-state index contributed by atoms with van der Waals surface area (Å²) >= 11 is 0. The number of aromatic nitrogens is 2. The Bertz CT molecular complexity index is 921. The van der Waals surface area contributed by atoms with Crippen molar-refractivity contribution in [3.8, 4) is 0 Å². The molecule has 0 amide bonds. The molecule has 178 valence electrons. The molecule has 5 atom stereocenters. The van der Waals surface area contributed by atoms with Crippen molar-refractivity contribution in [2.75, 3.05) is 12.3 Å².